The molecule has 0 radical (unpaired) electrons. The van der Waals surface area contributed by atoms with Crippen molar-refractivity contribution in [2.24, 2.45) is 11.8 Å². The van der Waals surface area contributed by atoms with E-state index in [1.54, 1.807) is 21.6 Å². The van der Waals surface area contributed by atoms with E-state index in [1.807, 2.05) is 56.3 Å². The lowest BCUT2D eigenvalue weighted by atomic mass is 9.91. The van der Waals surface area contributed by atoms with Gasteiger partial charge in [-0.2, -0.15) is 0 Å². The van der Waals surface area contributed by atoms with E-state index >= 15 is 0 Å². The second-order valence-corrected chi connectivity index (χ2v) is 11.8. The molecule has 5 rings (SSSR count). The molecule has 2 aromatic heterocycles. The molecule has 1 aromatic carbocycles. The van der Waals surface area contributed by atoms with Gasteiger partial charge in [0.25, 0.3) is 11.5 Å². The first-order chi connectivity index (χ1) is 17.2. The van der Waals surface area contributed by atoms with E-state index < -0.39 is 0 Å². The maximum Gasteiger partial charge on any atom is 0.267 e. The summed E-state index contributed by atoms with van der Waals surface area (Å²) in [5.74, 6) is 1.44. The van der Waals surface area contributed by atoms with Crippen LogP contribution in [0.1, 0.15) is 49.9 Å². The molecular formula is C28H30N4O2S2. The average molecular weight is 519 g/mol. The second kappa shape index (κ2) is 9.82. The number of aryl methyl sites for hydroxylation is 1. The summed E-state index contributed by atoms with van der Waals surface area (Å²) in [4.78, 5) is 36.6. The van der Waals surface area contributed by atoms with Crippen molar-refractivity contribution >= 4 is 51.7 Å². The lowest BCUT2D eigenvalue weighted by Gasteiger charge is -2.36. The first kappa shape index (κ1) is 24.7. The van der Waals surface area contributed by atoms with Gasteiger partial charge in [0.05, 0.1) is 16.5 Å². The van der Waals surface area contributed by atoms with E-state index in [-0.39, 0.29) is 17.5 Å². The summed E-state index contributed by atoms with van der Waals surface area (Å²) in [5.41, 5.74) is 2.84. The third kappa shape index (κ3) is 4.60. The molecule has 0 spiro atoms. The zero-order valence-electron chi connectivity index (χ0n) is 21.0. The molecule has 0 bridgehead atoms. The number of hydrogen-bond donors (Lipinski definition) is 0. The number of amides is 1. The Bertz CT molecular complexity index is 1420. The standard InChI is InChI=1S/C28H30N4O2S2/c1-17-10-11-24-29-25(30-14-18(2)12-19(3)15-30)22(26(33)31(24)16-17)13-23-27(34)32(28(35)36-23)20(4)21-8-6-5-7-9-21/h5-11,13,16,18-20H,12,14-15H2,1-4H3/b23-13-/t18-,19-,20-/m1/s1. The third-order valence-corrected chi connectivity index (χ3v) is 8.25. The Balaban J connectivity index is 1.61. The van der Waals surface area contributed by atoms with Gasteiger partial charge in [0.1, 0.15) is 15.8 Å². The Morgan fingerprint density at radius 2 is 1.78 bits per heavy atom. The highest BCUT2D eigenvalue weighted by atomic mass is 32.2. The molecule has 2 aliphatic heterocycles. The molecule has 36 heavy (non-hydrogen) atoms. The highest BCUT2D eigenvalue weighted by molar-refractivity contribution is 8.26. The number of benzene rings is 1. The average Bonchev–Trinajstić information content (AvgIpc) is 3.13. The van der Waals surface area contributed by atoms with Crippen molar-refractivity contribution in [3.63, 3.8) is 0 Å². The number of aromatic nitrogens is 2. The van der Waals surface area contributed by atoms with Crippen LogP contribution in [0.4, 0.5) is 5.82 Å². The Kier molecular flexibility index (Phi) is 6.74. The van der Waals surface area contributed by atoms with Crippen LogP contribution in [0.25, 0.3) is 11.7 Å². The zero-order valence-corrected chi connectivity index (χ0v) is 22.6. The smallest absolute Gasteiger partial charge is 0.267 e. The molecule has 0 aliphatic carbocycles. The zero-order chi connectivity index (χ0) is 25.6. The summed E-state index contributed by atoms with van der Waals surface area (Å²) in [6, 6.07) is 13.5. The minimum absolute atomic E-state index is 0.175. The Hall–Kier alpha value is -2.97. The summed E-state index contributed by atoms with van der Waals surface area (Å²) in [6.45, 7) is 10.0. The van der Waals surface area contributed by atoms with Gasteiger partial charge in [-0.15, -0.1) is 0 Å². The van der Waals surface area contributed by atoms with E-state index in [9.17, 15) is 9.59 Å². The molecule has 2 saturated heterocycles. The maximum absolute atomic E-state index is 13.8. The Labute approximate surface area is 221 Å². The molecular weight excluding hydrogens is 488 g/mol. The molecule has 1 amide bonds. The van der Waals surface area contributed by atoms with Gasteiger partial charge in [0, 0.05) is 19.3 Å². The number of piperidine rings is 1. The summed E-state index contributed by atoms with van der Waals surface area (Å²) in [6.07, 6.45) is 4.66. The van der Waals surface area contributed by atoms with Gasteiger partial charge in [-0.1, -0.05) is 74.2 Å². The van der Waals surface area contributed by atoms with Crippen LogP contribution >= 0.6 is 24.0 Å². The fourth-order valence-electron chi connectivity index (χ4n) is 5.28. The van der Waals surface area contributed by atoms with E-state index in [1.165, 1.54) is 11.8 Å². The van der Waals surface area contributed by atoms with Crippen LogP contribution < -0.4 is 10.5 Å². The van der Waals surface area contributed by atoms with Gasteiger partial charge < -0.3 is 4.90 Å². The first-order valence-corrected chi connectivity index (χ1v) is 13.6. The van der Waals surface area contributed by atoms with Crippen LogP contribution in [0, 0.1) is 18.8 Å². The Morgan fingerprint density at radius 1 is 1.08 bits per heavy atom. The van der Waals surface area contributed by atoms with Crippen molar-refractivity contribution in [1.82, 2.24) is 14.3 Å². The van der Waals surface area contributed by atoms with Gasteiger partial charge in [-0.25, -0.2) is 4.98 Å². The maximum atomic E-state index is 13.8. The number of carbonyl (C=O) groups is 1. The van der Waals surface area contributed by atoms with Gasteiger partial charge in [0.2, 0.25) is 0 Å². The van der Waals surface area contributed by atoms with Crippen LogP contribution in [-0.4, -0.2) is 37.6 Å². The van der Waals surface area contributed by atoms with Crippen molar-refractivity contribution in [2.45, 2.75) is 40.2 Å². The fraction of sp³-hybridized carbons (Fsp3) is 0.357. The molecule has 3 aromatic rings. The lowest BCUT2D eigenvalue weighted by molar-refractivity contribution is -0.123. The van der Waals surface area contributed by atoms with Crippen molar-refractivity contribution in [3.8, 4) is 0 Å². The van der Waals surface area contributed by atoms with Crippen molar-refractivity contribution in [3.05, 3.63) is 80.6 Å². The number of carbonyl (C=O) groups excluding carboxylic acids is 1. The molecule has 0 unspecified atom stereocenters. The number of hydrogen-bond acceptors (Lipinski definition) is 6. The van der Waals surface area contributed by atoms with Crippen molar-refractivity contribution in [1.29, 1.82) is 0 Å². The quantitative estimate of drug-likeness (QED) is 0.338. The fourth-order valence-corrected chi connectivity index (χ4v) is 6.68. The summed E-state index contributed by atoms with van der Waals surface area (Å²) < 4.78 is 2.07. The minimum atomic E-state index is -0.202. The topological polar surface area (TPSA) is 57.9 Å². The Morgan fingerprint density at radius 3 is 2.47 bits per heavy atom. The normalized spacial score (nSPS) is 22.6. The number of rotatable bonds is 4. The van der Waals surface area contributed by atoms with Crippen molar-refractivity contribution in [2.75, 3.05) is 18.0 Å². The van der Waals surface area contributed by atoms with E-state index in [0.717, 1.165) is 30.6 Å². The molecule has 3 atom stereocenters. The minimum Gasteiger partial charge on any atom is -0.355 e. The predicted molar refractivity (Wildman–Crippen MR) is 151 cm³/mol. The lowest BCUT2D eigenvalue weighted by Crippen LogP contribution is -2.40. The summed E-state index contributed by atoms with van der Waals surface area (Å²) in [5, 5.41) is 0. The number of thioether (sulfide) groups is 1. The monoisotopic (exact) mass is 518 g/mol. The largest absolute Gasteiger partial charge is 0.355 e. The third-order valence-electron chi connectivity index (χ3n) is 6.92. The number of pyridine rings is 1. The molecule has 6 nitrogen and oxygen atoms in total. The molecule has 2 fully saturated rings. The van der Waals surface area contributed by atoms with Gasteiger partial charge in [0.15, 0.2) is 0 Å². The van der Waals surface area contributed by atoms with E-state index in [2.05, 4.69) is 18.7 Å². The molecule has 4 heterocycles. The molecule has 0 saturated carbocycles. The summed E-state index contributed by atoms with van der Waals surface area (Å²) >= 11 is 6.87. The van der Waals surface area contributed by atoms with Crippen molar-refractivity contribution < 1.29 is 4.79 Å². The van der Waals surface area contributed by atoms with Crippen LogP contribution in [-0.2, 0) is 4.79 Å². The van der Waals surface area contributed by atoms with E-state index in [4.69, 9.17) is 17.2 Å². The van der Waals surface area contributed by atoms with Crippen LogP contribution in [0.5, 0.6) is 0 Å². The molecule has 2 aliphatic rings. The number of thiocarbonyl (C=S) groups is 1. The number of fused-ring (bicyclic) bond motifs is 1. The predicted octanol–water partition coefficient (Wildman–Crippen LogP) is 5.45. The molecule has 8 heteroatoms. The molecule has 186 valence electrons. The molecule has 0 N–H and O–H groups in total. The van der Waals surface area contributed by atoms with Crippen LogP contribution in [0.3, 0.4) is 0 Å². The SMILES string of the molecule is Cc1ccc2nc(N3C[C@H](C)C[C@@H](C)C3)c(/C=C3\SC(=S)N([C@H](C)c4ccccc4)C3=O)c(=O)n2c1. The number of nitrogens with zero attached hydrogens (tertiary/aromatic N) is 4. The van der Waals surface area contributed by atoms with Gasteiger partial charge >= 0.3 is 0 Å². The number of anilines is 1. The summed E-state index contributed by atoms with van der Waals surface area (Å²) in [7, 11) is 0. The second-order valence-electron chi connectivity index (χ2n) is 10.1. The van der Waals surface area contributed by atoms with E-state index in [0.29, 0.717) is 38.1 Å². The van der Waals surface area contributed by atoms with Gasteiger partial charge in [-0.05, 0) is 55.4 Å². The first-order valence-electron chi connectivity index (χ1n) is 12.3. The highest BCUT2D eigenvalue weighted by Crippen LogP contribution is 2.39. The van der Waals surface area contributed by atoms with Crippen LogP contribution in [0.15, 0.2) is 58.4 Å². The van der Waals surface area contributed by atoms with Crippen LogP contribution in [0.2, 0.25) is 0 Å². The van der Waals surface area contributed by atoms with Gasteiger partial charge in [-0.3, -0.25) is 18.9 Å². The highest BCUT2D eigenvalue weighted by Gasteiger charge is 2.37.